The van der Waals surface area contributed by atoms with Crippen molar-refractivity contribution in [2.45, 2.75) is 52.0 Å². The molecule has 2 aromatic rings. The van der Waals surface area contributed by atoms with Crippen LogP contribution in [0.5, 0.6) is 0 Å². The van der Waals surface area contributed by atoms with Crippen LogP contribution in [-0.4, -0.2) is 9.55 Å². The number of aromatic nitrogens is 2. The van der Waals surface area contributed by atoms with Gasteiger partial charge in [-0.25, -0.2) is 4.98 Å². The van der Waals surface area contributed by atoms with Crippen molar-refractivity contribution < 1.29 is 0 Å². The number of halogens is 1. The first kappa shape index (κ1) is 13.0. The van der Waals surface area contributed by atoms with E-state index < -0.39 is 0 Å². The molecule has 3 rings (SSSR count). The standard InChI is InChI=1S/C16H21ClN2/c1-3-16(8-5-9-16)11-19-14(10-17)18-13-7-4-6-12(2)15(13)19/h4,6-7H,3,5,8-11H2,1-2H3. The summed E-state index contributed by atoms with van der Waals surface area (Å²) in [5, 5.41) is 0. The van der Waals surface area contributed by atoms with Gasteiger partial charge in [0.2, 0.25) is 0 Å². The van der Waals surface area contributed by atoms with Crippen molar-refractivity contribution in [3.05, 3.63) is 29.6 Å². The number of aryl methyl sites for hydroxylation is 1. The van der Waals surface area contributed by atoms with Crippen LogP contribution in [0.25, 0.3) is 11.0 Å². The molecule has 2 nitrogen and oxygen atoms in total. The van der Waals surface area contributed by atoms with Gasteiger partial charge in [0.25, 0.3) is 0 Å². The van der Waals surface area contributed by atoms with Crippen molar-refractivity contribution in [1.29, 1.82) is 0 Å². The normalized spacial score (nSPS) is 17.6. The second-order valence-corrected chi connectivity index (χ2v) is 6.16. The second-order valence-electron chi connectivity index (χ2n) is 5.90. The van der Waals surface area contributed by atoms with Gasteiger partial charge >= 0.3 is 0 Å². The number of rotatable bonds is 4. The molecule has 1 heterocycles. The van der Waals surface area contributed by atoms with Gasteiger partial charge < -0.3 is 4.57 Å². The highest BCUT2D eigenvalue weighted by atomic mass is 35.5. The van der Waals surface area contributed by atoms with E-state index >= 15 is 0 Å². The molecule has 19 heavy (non-hydrogen) atoms. The van der Waals surface area contributed by atoms with Crippen LogP contribution < -0.4 is 0 Å². The molecule has 102 valence electrons. The number of hydrogen-bond donors (Lipinski definition) is 0. The summed E-state index contributed by atoms with van der Waals surface area (Å²) in [6.45, 7) is 5.55. The molecule has 0 radical (unpaired) electrons. The topological polar surface area (TPSA) is 17.8 Å². The molecule has 0 atom stereocenters. The second kappa shape index (κ2) is 4.82. The van der Waals surface area contributed by atoms with Crippen LogP contribution in [0.3, 0.4) is 0 Å². The zero-order valence-electron chi connectivity index (χ0n) is 11.7. The molecule has 0 amide bonds. The monoisotopic (exact) mass is 276 g/mol. The van der Waals surface area contributed by atoms with E-state index in [9.17, 15) is 0 Å². The lowest BCUT2D eigenvalue weighted by Crippen LogP contribution is -2.34. The third-order valence-electron chi connectivity index (χ3n) is 4.82. The fraction of sp³-hybridized carbons (Fsp3) is 0.562. The Morgan fingerprint density at radius 3 is 2.74 bits per heavy atom. The average molecular weight is 277 g/mol. The summed E-state index contributed by atoms with van der Waals surface area (Å²) >= 11 is 6.11. The van der Waals surface area contributed by atoms with Crippen molar-refractivity contribution >= 4 is 22.6 Å². The van der Waals surface area contributed by atoms with Crippen LogP contribution in [0.2, 0.25) is 0 Å². The van der Waals surface area contributed by atoms with Gasteiger partial charge in [0.15, 0.2) is 0 Å². The Labute approximate surface area is 119 Å². The molecule has 0 spiro atoms. The molecule has 1 aliphatic carbocycles. The van der Waals surface area contributed by atoms with Crippen LogP contribution in [-0.2, 0) is 12.4 Å². The molecule has 0 bridgehead atoms. The molecule has 1 aliphatic rings. The van der Waals surface area contributed by atoms with E-state index in [1.54, 1.807) is 0 Å². The van der Waals surface area contributed by atoms with E-state index in [0.29, 0.717) is 11.3 Å². The number of hydrogen-bond acceptors (Lipinski definition) is 1. The van der Waals surface area contributed by atoms with Crippen molar-refractivity contribution in [2.24, 2.45) is 5.41 Å². The molecule has 1 aromatic carbocycles. The zero-order valence-corrected chi connectivity index (χ0v) is 12.5. The summed E-state index contributed by atoms with van der Waals surface area (Å²) in [5.41, 5.74) is 4.14. The van der Waals surface area contributed by atoms with Crippen LogP contribution in [0, 0.1) is 12.3 Å². The minimum atomic E-state index is 0.483. The molecule has 1 aromatic heterocycles. The predicted molar refractivity (Wildman–Crippen MR) is 80.6 cm³/mol. The Bertz CT molecular complexity index is 591. The lowest BCUT2D eigenvalue weighted by atomic mass is 9.67. The van der Waals surface area contributed by atoms with Crippen LogP contribution in [0.1, 0.15) is 44.0 Å². The van der Waals surface area contributed by atoms with Crippen LogP contribution in [0.15, 0.2) is 18.2 Å². The smallest absolute Gasteiger partial charge is 0.124 e. The van der Waals surface area contributed by atoms with Gasteiger partial charge in [0.05, 0.1) is 16.9 Å². The molecule has 1 saturated carbocycles. The van der Waals surface area contributed by atoms with Gasteiger partial charge in [-0.3, -0.25) is 0 Å². The lowest BCUT2D eigenvalue weighted by molar-refractivity contribution is 0.101. The predicted octanol–water partition coefficient (Wildman–Crippen LogP) is 4.66. The van der Waals surface area contributed by atoms with Crippen molar-refractivity contribution in [3.8, 4) is 0 Å². The van der Waals surface area contributed by atoms with E-state index in [0.717, 1.165) is 17.9 Å². The Hall–Kier alpha value is -1.02. The summed E-state index contributed by atoms with van der Waals surface area (Å²) in [6.07, 6.45) is 5.31. The highest BCUT2D eigenvalue weighted by Gasteiger charge is 2.36. The summed E-state index contributed by atoms with van der Waals surface area (Å²) in [4.78, 5) is 4.70. The molecule has 0 unspecified atom stereocenters. The number of nitrogens with zero attached hydrogens (tertiary/aromatic N) is 2. The summed E-state index contributed by atoms with van der Waals surface area (Å²) < 4.78 is 2.38. The maximum absolute atomic E-state index is 6.11. The molecule has 0 saturated heterocycles. The molecular weight excluding hydrogens is 256 g/mol. The highest BCUT2D eigenvalue weighted by molar-refractivity contribution is 6.16. The quantitative estimate of drug-likeness (QED) is 0.743. The third-order valence-corrected chi connectivity index (χ3v) is 5.06. The van der Waals surface area contributed by atoms with E-state index in [4.69, 9.17) is 16.6 Å². The minimum Gasteiger partial charge on any atom is -0.326 e. The number of alkyl halides is 1. The number of para-hydroxylation sites is 1. The molecule has 3 heteroatoms. The summed E-state index contributed by atoms with van der Waals surface area (Å²) in [6, 6.07) is 6.33. The van der Waals surface area contributed by atoms with Gasteiger partial charge in [0.1, 0.15) is 5.82 Å². The minimum absolute atomic E-state index is 0.483. The van der Waals surface area contributed by atoms with Crippen molar-refractivity contribution in [2.75, 3.05) is 0 Å². The Morgan fingerprint density at radius 1 is 1.37 bits per heavy atom. The van der Waals surface area contributed by atoms with E-state index in [1.807, 2.05) is 0 Å². The Balaban J connectivity index is 2.10. The van der Waals surface area contributed by atoms with Crippen molar-refractivity contribution in [3.63, 3.8) is 0 Å². The summed E-state index contributed by atoms with van der Waals surface area (Å²) in [5.74, 6) is 1.51. The number of fused-ring (bicyclic) bond motifs is 1. The SMILES string of the molecule is CCC1(Cn2c(CCl)nc3cccc(C)c32)CCC1. The zero-order chi connectivity index (χ0) is 13.5. The van der Waals surface area contributed by atoms with Crippen LogP contribution >= 0.6 is 11.6 Å². The van der Waals surface area contributed by atoms with Gasteiger partial charge in [-0.2, -0.15) is 0 Å². The Kier molecular flexibility index (Phi) is 3.30. The van der Waals surface area contributed by atoms with Gasteiger partial charge in [-0.15, -0.1) is 11.6 Å². The molecule has 0 N–H and O–H groups in total. The molecule has 1 fully saturated rings. The third kappa shape index (κ3) is 2.06. The van der Waals surface area contributed by atoms with Gasteiger partial charge in [-0.05, 0) is 43.2 Å². The first-order chi connectivity index (χ1) is 9.19. The number of benzene rings is 1. The average Bonchev–Trinajstić information content (AvgIpc) is 2.73. The van der Waals surface area contributed by atoms with E-state index in [2.05, 4.69) is 36.6 Å². The maximum atomic E-state index is 6.11. The lowest BCUT2D eigenvalue weighted by Gasteiger charge is -2.42. The van der Waals surface area contributed by atoms with Crippen molar-refractivity contribution in [1.82, 2.24) is 9.55 Å². The first-order valence-electron chi connectivity index (χ1n) is 7.20. The fourth-order valence-corrected chi connectivity index (χ4v) is 3.53. The van der Waals surface area contributed by atoms with Gasteiger partial charge in [0, 0.05) is 6.54 Å². The molecular formula is C16H21ClN2. The highest BCUT2D eigenvalue weighted by Crippen LogP contribution is 2.46. The number of imidazole rings is 1. The largest absolute Gasteiger partial charge is 0.326 e. The first-order valence-corrected chi connectivity index (χ1v) is 7.73. The van der Waals surface area contributed by atoms with E-state index in [1.165, 1.54) is 36.8 Å². The Morgan fingerprint density at radius 2 is 2.16 bits per heavy atom. The van der Waals surface area contributed by atoms with Crippen LogP contribution in [0.4, 0.5) is 0 Å². The summed E-state index contributed by atoms with van der Waals surface area (Å²) in [7, 11) is 0. The molecule has 0 aliphatic heterocycles. The van der Waals surface area contributed by atoms with E-state index in [-0.39, 0.29) is 0 Å². The fourth-order valence-electron chi connectivity index (χ4n) is 3.32. The van der Waals surface area contributed by atoms with Gasteiger partial charge in [-0.1, -0.05) is 25.5 Å². The maximum Gasteiger partial charge on any atom is 0.124 e.